The van der Waals surface area contributed by atoms with Crippen LogP contribution in [0.1, 0.15) is 25.7 Å². The van der Waals surface area contributed by atoms with Crippen molar-refractivity contribution >= 4 is 10.2 Å². The van der Waals surface area contributed by atoms with E-state index in [9.17, 15) is 8.42 Å². The average Bonchev–Trinajstić information content (AvgIpc) is 2.68. The summed E-state index contributed by atoms with van der Waals surface area (Å²) in [7, 11) is -3.34. The first kappa shape index (κ1) is 13.4. The van der Waals surface area contributed by atoms with Gasteiger partial charge in [0.1, 0.15) is 12.7 Å². The monoisotopic (exact) mass is 273 g/mol. The van der Waals surface area contributed by atoms with E-state index in [2.05, 4.69) is 14.8 Å². The summed E-state index contributed by atoms with van der Waals surface area (Å²) in [6.07, 6.45) is 7.13. The molecule has 0 unspecified atom stereocenters. The minimum Gasteiger partial charge on any atom is -0.252 e. The van der Waals surface area contributed by atoms with Gasteiger partial charge < -0.3 is 0 Å². The van der Waals surface area contributed by atoms with Crippen LogP contribution in [0, 0.1) is 0 Å². The molecule has 7 nitrogen and oxygen atoms in total. The van der Waals surface area contributed by atoms with Gasteiger partial charge >= 0.3 is 0 Å². The molecule has 1 N–H and O–H groups in total. The van der Waals surface area contributed by atoms with Gasteiger partial charge in [-0.3, -0.25) is 4.68 Å². The Morgan fingerprint density at radius 3 is 2.50 bits per heavy atom. The summed E-state index contributed by atoms with van der Waals surface area (Å²) in [5.41, 5.74) is 0. The summed E-state index contributed by atoms with van der Waals surface area (Å²) < 4.78 is 29.8. The molecule has 2 heterocycles. The molecule has 1 saturated heterocycles. The molecule has 1 aromatic rings. The first-order chi connectivity index (χ1) is 8.68. The van der Waals surface area contributed by atoms with Gasteiger partial charge in [0.25, 0.3) is 10.2 Å². The number of hydrogen-bond acceptors (Lipinski definition) is 4. The van der Waals surface area contributed by atoms with Crippen molar-refractivity contribution < 1.29 is 8.42 Å². The van der Waals surface area contributed by atoms with Crippen LogP contribution >= 0.6 is 0 Å². The number of aromatic nitrogens is 3. The van der Waals surface area contributed by atoms with Crippen LogP contribution in [-0.2, 0) is 16.8 Å². The maximum atomic E-state index is 12.0. The molecule has 0 bridgehead atoms. The highest BCUT2D eigenvalue weighted by atomic mass is 32.2. The lowest BCUT2D eigenvalue weighted by atomic mass is 10.2. The van der Waals surface area contributed by atoms with Gasteiger partial charge in [-0.25, -0.2) is 9.71 Å². The summed E-state index contributed by atoms with van der Waals surface area (Å²) in [5.74, 6) is 0. The lowest BCUT2D eigenvalue weighted by molar-refractivity contribution is 0.413. The van der Waals surface area contributed by atoms with Crippen molar-refractivity contribution in [3.63, 3.8) is 0 Å². The fraction of sp³-hybridized carbons (Fsp3) is 0.800. The molecule has 102 valence electrons. The third-order valence-corrected chi connectivity index (χ3v) is 4.61. The van der Waals surface area contributed by atoms with Crippen LogP contribution in [0.4, 0.5) is 0 Å². The predicted octanol–water partition coefficient (Wildman–Crippen LogP) is -0.0115. The number of nitrogens with zero attached hydrogens (tertiary/aromatic N) is 4. The lowest BCUT2D eigenvalue weighted by Gasteiger charge is -2.20. The van der Waals surface area contributed by atoms with Crippen LogP contribution in [0.25, 0.3) is 0 Å². The van der Waals surface area contributed by atoms with Gasteiger partial charge in [0.2, 0.25) is 0 Å². The molecule has 1 aliphatic rings. The van der Waals surface area contributed by atoms with Gasteiger partial charge in [-0.1, -0.05) is 12.8 Å². The summed E-state index contributed by atoms with van der Waals surface area (Å²) in [6.45, 7) is 2.08. The lowest BCUT2D eigenvalue weighted by Crippen LogP contribution is -2.42. The summed E-state index contributed by atoms with van der Waals surface area (Å²) in [4.78, 5) is 3.80. The zero-order valence-corrected chi connectivity index (χ0v) is 11.1. The zero-order chi connectivity index (χ0) is 12.8. The Bertz CT molecular complexity index is 437. The normalized spacial score (nSPS) is 18.7. The third-order valence-electron chi connectivity index (χ3n) is 3.00. The highest BCUT2D eigenvalue weighted by Crippen LogP contribution is 2.12. The van der Waals surface area contributed by atoms with E-state index in [0.29, 0.717) is 26.2 Å². The second-order valence-corrected chi connectivity index (χ2v) is 6.13. The van der Waals surface area contributed by atoms with Gasteiger partial charge in [-0.15, -0.1) is 0 Å². The maximum Gasteiger partial charge on any atom is 0.279 e. The van der Waals surface area contributed by atoms with Crippen LogP contribution in [-0.4, -0.2) is 47.1 Å². The summed E-state index contributed by atoms with van der Waals surface area (Å²) in [5, 5.41) is 3.92. The first-order valence-electron chi connectivity index (χ1n) is 6.26. The van der Waals surface area contributed by atoms with Gasteiger partial charge in [0.15, 0.2) is 0 Å². The van der Waals surface area contributed by atoms with Crippen molar-refractivity contribution in [2.75, 3.05) is 19.6 Å². The molecule has 0 aliphatic carbocycles. The molecule has 1 aromatic heterocycles. The molecule has 0 spiro atoms. The standard InChI is InChI=1S/C10H19N5O2S/c16-18(17,15-6-3-1-2-4-7-15)13-5-8-14-10-11-9-12-14/h9-10,13H,1-8H2. The van der Waals surface area contributed by atoms with Crippen LogP contribution in [0.5, 0.6) is 0 Å². The molecule has 0 saturated carbocycles. The van der Waals surface area contributed by atoms with E-state index in [0.717, 1.165) is 25.7 Å². The SMILES string of the molecule is O=S(=O)(NCCn1cncn1)N1CCCCCC1. The minimum absolute atomic E-state index is 0.336. The van der Waals surface area contributed by atoms with Crippen LogP contribution < -0.4 is 4.72 Å². The Morgan fingerprint density at radius 1 is 1.17 bits per heavy atom. The van der Waals surface area contributed by atoms with Gasteiger partial charge in [0.05, 0.1) is 6.54 Å². The quantitative estimate of drug-likeness (QED) is 0.818. The first-order valence-corrected chi connectivity index (χ1v) is 7.70. The Kier molecular flexibility index (Phi) is 4.67. The van der Waals surface area contributed by atoms with E-state index < -0.39 is 10.2 Å². The Hall–Kier alpha value is -0.990. The van der Waals surface area contributed by atoms with E-state index >= 15 is 0 Å². The second-order valence-electron chi connectivity index (χ2n) is 4.37. The van der Waals surface area contributed by atoms with Crippen molar-refractivity contribution in [2.45, 2.75) is 32.2 Å². The van der Waals surface area contributed by atoms with E-state index in [1.54, 1.807) is 15.3 Å². The molecule has 0 amide bonds. The zero-order valence-electron chi connectivity index (χ0n) is 10.3. The van der Waals surface area contributed by atoms with Crippen LogP contribution in [0.3, 0.4) is 0 Å². The van der Waals surface area contributed by atoms with Crippen LogP contribution in [0.15, 0.2) is 12.7 Å². The highest BCUT2D eigenvalue weighted by Gasteiger charge is 2.21. The highest BCUT2D eigenvalue weighted by molar-refractivity contribution is 7.87. The molecule has 2 rings (SSSR count). The van der Waals surface area contributed by atoms with Crippen molar-refractivity contribution in [3.05, 3.63) is 12.7 Å². The third kappa shape index (κ3) is 3.76. The topological polar surface area (TPSA) is 80.1 Å². The van der Waals surface area contributed by atoms with Crippen molar-refractivity contribution in [1.82, 2.24) is 23.8 Å². The average molecular weight is 273 g/mol. The largest absolute Gasteiger partial charge is 0.279 e. The Balaban J connectivity index is 1.82. The molecule has 18 heavy (non-hydrogen) atoms. The van der Waals surface area contributed by atoms with E-state index in [4.69, 9.17) is 0 Å². The number of rotatable bonds is 5. The van der Waals surface area contributed by atoms with Crippen molar-refractivity contribution in [2.24, 2.45) is 0 Å². The van der Waals surface area contributed by atoms with Crippen LogP contribution in [0.2, 0.25) is 0 Å². The van der Waals surface area contributed by atoms with Crippen molar-refractivity contribution in [3.8, 4) is 0 Å². The molecular weight excluding hydrogens is 254 g/mol. The van der Waals surface area contributed by atoms with E-state index in [1.807, 2.05) is 0 Å². The van der Waals surface area contributed by atoms with E-state index in [-0.39, 0.29) is 0 Å². The smallest absolute Gasteiger partial charge is 0.252 e. The number of nitrogens with one attached hydrogen (secondary N) is 1. The Labute approximate surface area is 107 Å². The molecule has 1 fully saturated rings. The summed E-state index contributed by atoms with van der Waals surface area (Å²) in [6, 6.07) is 0. The molecule has 8 heteroatoms. The summed E-state index contributed by atoms with van der Waals surface area (Å²) >= 11 is 0. The van der Waals surface area contributed by atoms with Gasteiger partial charge in [-0.05, 0) is 12.8 Å². The maximum absolute atomic E-state index is 12.0. The minimum atomic E-state index is -3.34. The Morgan fingerprint density at radius 2 is 1.89 bits per heavy atom. The molecule has 0 radical (unpaired) electrons. The second kappa shape index (κ2) is 6.26. The molecular formula is C10H19N5O2S. The number of hydrogen-bond donors (Lipinski definition) is 1. The van der Waals surface area contributed by atoms with Gasteiger partial charge in [-0.2, -0.15) is 17.8 Å². The fourth-order valence-corrected chi connectivity index (χ4v) is 3.28. The molecule has 0 aromatic carbocycles. The van der Waals surface area contributed by atoms with Gasteiger partial charge in [0, 0.05) is 19.6 Å². The van der Waals surface area contributed by atoms with Crippen molar-refractivity contribution in [1.29, 1.82) is 0 Å². The molecule has 1 aliphatic heterocycles. The molecule has 0 atom stereocenters. The predicted molar refractivity (Wildman–Crippen MR) is 67.0 cm³/mol. The fourth-order valence-electron chi connectivity index (χ4n) is 2.01. The van der Waals surface area contributed by atoms with E-state index in [1.165, 1.54) is 6.33 Å².